The highest BCUT2D eigenvalue weighted by Gasteiger charge is 2.21. The largest absolute Gasteiger partial charge is 0.248 e. The first-order valence-corrected chi connectivity index (χ1v) is 36.8. The molecule has 0 aliphatic rings. The molecule has 0 fully saturated rings. The van der Waals surface area contributed by atoms with Crippen molar-refractivity contribution in [2.75, 3.05) is 0 Å². The Balaban J connectivity index is 0.000000133. The van der Waals surface area contributed by atoms with Gasteiger partial charge >= 0.3 is 0 Å². The quantitative estimate of drug-likeness (QED) is 0.129. The highest BCUT2D eigenvalue weighted by Crippen LogP contribution is 2.37. The van der Waals surface area contributed by atoms with Gasteiger partial charge in [-0.15, -0.1) is 0 Å². The van der Waals surface area contributed by atoms with Gasteiger partial charge in [0.2, 0.25) is 0 Å². The van der Waals surface area contributed by atoms with Crippen LogP contribution in [0.2, 0.25) is 0 Å². The van der Waals surface area contributed by atoms with E-state index in [0.717, 1.165) is 101 Å². The van der Waals surface area contributed by atoms with Crippen molar-refractivity contribution in [2.45, 2.75) is 105 Å². The molecule has 0 saturated heterocycles. The maximum absolute atomic E-state index is 4.97. The Morgan fingerprint density at radius 2 is 0.377 bits per heavy atom. The number of benzene rings is 11. The van der Waals surface area contributed by atoms with E-state index in [-0.39, 0.29) is 21.7 Å². The Bertz CT molecular complexity index is 4900. The van der Waals surface area contributed by atoms with Gasteiger partial charge in [0.05, 0.1) is 45.6 Å². The molecule has 15 rings (SSSR count). The van der Waals surface area contributed by atoms with Crippen LogP contribution in [0.15, 0.2) is 358 Å². The van der Waals surface area contributed by atoms with Gasteiger partial charge in [-0.1, -0.05) is 392 Å². The lowest BCUT2D eigenvalue weighted by atomic mass is 9.85. The average Bonchev–Trinajstić information content (AvgIpc) is 0.814. The van der Waals surface area contributed by atoms with E-state index in [1.807, 2.05) is 72.8 Å². The molecule has 524 valence electrons. The standard InChI is InChI=1S/2C27H25N.C26H24N2.C21H21N/c1-27(2,3)24-16-10-15-22(17-24)23-18-25(20-11-6-4-7-12-20)28-26(19-23)21-13-8-5-9-14-21;1-27(2,3)24-16-14-20(15-17-24)23-18-25(21-10-6-4-7-11-21)28-26(19-23)22-12-8-5-9-13-22;1-26(2,3)22-16-10-15-21(17-22)24-18-23(19-11-6-4-7-12-19)27-25(28-24)20-13-8-5-9-14-20;1-21(2,3)18-14-19(16-10-6-4-7-11-16)22-20(15-18)17-12-8-5-9-13-17/h2*4-19H,1-3H3;4-18H,1-3H3;4-15H,1-3H3. The van der Waals surface area contributed by atoms with Crippen molar-refractivity contribution in [1.29, 1.82) is 0 Å². The summed E-state index contributed by atoms with van der Waals surface area (Å²) < 4.78 is 0. The molecule has 0 unspecified atom stereocenters. The fourth-order valence-corrected chi connectivity index (χ4v) is 12.4. The minimum Gasteiger partial charge on any atom is -0.248 e. The predicted molar refractivity (Wildman–Crippen MR) is 449 cm³/mol. The summed E-state index contributed by atoms with van der Waals surface area (Å²) in [6.07, 6.45) is 0. The number of pyridine rings is 3. The molecule has 0 aliphatic heterocycles. The van der Waals surface area contributed by atoms with Crippen LogP contribution < -0.4 is 0 Å². The Hall–Kier alpha value is -12.1. The molecular weight excluding hydrogens is 1280 g/mol. The van der Waals surface area contributed by atoms with Gasteiger partial charge in [0.15, 0.2) is 5.82 Å². The molecule has 15 aromatic rings. The second-order valence-corrected chi connectivity index (χ2v) is 31.0. The van der Waals surface area contributed by atoms with E-state index in [9.17, 15) is 0 Å². The van der Waals surface area contributed by atoms with Crippen LogP contribution in [-0.2, 0) is 21.7 Å². The summed E-state index contributed by atoms with van der Waals surface area (Å²) in [5.41, 5.74) is 28.6. The van der Waals surface area contributed by atoms with Crippen LogP contribution in [0.25, 0.3) is 124 Å². The molecule has 0 radical (unpaired) electrons. The Labute approximate surface area is 629 Å². The molecule has 0 aliphatic carbocycles. The summed E-state index contributed by atoms with van der Waals surface area (Å²) in [5, 5.41) is 0. The normalized spacial score (nSPS) is 11.4. The third-order valence-electron chi connectivity index (χ3n) is 18.8. The van der Waals surface area contributed by atoms with Gasteiger partial charge < -0.3 is 0 Å². The lowest BCUT2D eigenvalue weighted by Crippen LogP contribution is -2.12. The molecule has 0 spiro atoms. The van der Waals surface area contributed by atoms with Crippen molar-refractivity contribution in [3.05, 3.63) is 380 Å². The number of nitrogens with zero attached hydrogens (tertiary/aromatic N) is 5. The van der Waals surface area contributed by atoms with E-state index in [1.54, 1.807) is 0 Å². The van der Waals surface area contributed by atoms with Crippen molar-refractivity contribution < 1.29 is 0 Å². The van der Waals surface area contributed by atoms with Crippen LogP contribution >= 0.6 is 0 Å². The third kappa shape index (κ3) is 19.4. The van der Waals surface area contributed by atoms with Crippen LogP contribution in [0, 0.1) is 0 Å². The van der Waals surface area contributed by atoms with Crippen LogP contribution in [0.4, 0.5) is 0 Å². The Kier molecular flexibility index (Phi) is 23.1. The van der Waals surface area contributed by atoms with Gasteiger partial charge in [-0.2, -0.15) is 0 Å². The van der Waals surface area contributed by atoms with Gasteiger partial charge in [0, 0.05) is 50.1 Å². The van der Waals surface area contributed by atoms with Crippen LogP contribution in [0.1, 0.15) is 105 Å². The predicted octanol–water partition coefficient (Wildman–Crippen LogP) is 27.2. The molecule has 106 heavy (non-hydrogen) atoms. The molecule has 5 heteroatoms. The van der Waals surface area contributed by atoms with Crippen molar-refractivity contribution in [1.82, 2.24) is 24.9 Å². The zero-order valence-corrected chi connectivity index (χ0v) is 63.3. The second-order valence-electron chi connectivity index (χ2n) is 31.0. The first-order valence-electron chi connectivity index (χ1n) is 36.8. The second kappa shape index (κ2) is 33.2. The Morgan fingerprint density at radius 3 is 0.679 bits per heavy atom. The van der Waals surface area contributed by atoms with E-state index in [1.165, 1.54) is 44.5 Å². The zero-order chi connectivity index (χ0) is 74.3. The number of rotatable bonds is 11. The zero-order valence-electron chi connectivity index (χ0n) is 63.3. The molecule has 0 N–H and O–H groups in total. The molecule has 0 atom stereocenters. The average molecular weight is 1380 g/mol. The maximum atomic E-state index is 4.97. The fraction of sp³-hybridized carbons (Fsp3) is 0.158. The van der Waals surface area contributed by atoms with E-state index in [2.05, 4.69) is 368 Å². The summed E-state index contributed by atoms with van der Waals surface area (Å²) in [6, 6.07) is 125. The first kappa shape index (κ1) is 73.7. The molecule has 4 heterocycles. The summed E-state index contributed by atoms with van der Waals surface area (Å²) in [7, 11) is 0. The number of aromatic nitrogens is 5. The Morgan fingerprint density at radius 1 is 0.142 bits per heavy atom. The fourth-order valence-electron chi connectivity index (χ4n) is 12.4. The summed E-state index contributed by atoms with van der Waals surface area (Å²) in [6.45, 7) is 26.9. The van der Waals surface area contributed by atoms with Gasteiger partial charge in [-0.25, -0.2) is 24.9 Å². The SMILES string of the molecule is CC(C)(C)c1cc(-c2ccccc2)nc(-c2ccccc2)c1.CC(C)(C)c1ccc(-c2cc(-c3ccccc3)nc(-c3ccccc3)c2)cc1.CC(C)(C)c1cccc(-c2cc(-c3ccccc3)nc(-c3ccccc3)c2)c1.CC(C)(C)c1cccc(-c2cc(-c3ccccc3)nc(-c3ccccc3)n2)c1. The molecule has 0 saturated carbocycles. The monoisotopic (exact) mass is 1380 g/mol. The highest BCUT2D eigenvalue weighted by atomic mass is 14.9. The molecule has 5 nitrogen and oxygen atoms in total. The van der Waals surface area contributed by atoms with E-state index in [0.29, 0.717) is 0 Å². The summed E-state index contributed by atoms with van der Waals surface area (Å²) in [4.78, 5) is 24.6. The van der Waals surface area contributed by atoms with Gasteiger partial charge in [-0.3, -0.25) is 0 Å². The molecule has 0 amide bonds. The van der Waals surface area contributed by atoms with Crippen LogP contribution in [0.3, 0.4) is 0 Å². The van der Waals surface area contributed by atoms with E-state index in [4.69, 9.17) is 24.9 Å². The van der Waals surface area contributed by atoms with Crippen molar-refractivity contribution >= 4 is 0 Å². The first-order chi connectivity index (χ1) is 51.1. The van der Waals surface area contributed by atoms with Gasteiger partial charge in [0.25, 0.3) is 0 Å². The third-order valence-corrected chi connectivity index (χ3v) is 18.8. The molecule has 0 bridgehead atoms. The molecular formula is C101H95N5. The minimum absolute atomic E-state index is 0.0908. The van der Waals surface area contributed by atoms with Gasteiger partial charge in [-0.05, 0) is 115 Å². The lowest BCUT2D eigenvalue weighted by molar-refractivity contribution is 0.589. The maximum Gasteiger partial charge on any atom is 0.160 e. The minimum atomic E-state index is 0.0908. The topological polar surface area (TPSA) is 64.5 Å². The molecule has 4 aromatic heterocycles. The van der Waals surface area contributed by atoms with Crippen molar-refractivity contribution in [2.24, 2.45) is 0 Å². The number of hydrogen-bond donors (Lipinski definition) is 0. The van der Waals surface area contributed by atoms with Crippen molar-refractivity contribution in [3.8, 4) is 124 Å². The van der Waals surface area contributed by atoms with Crippen LogP contribution in [0.5, 0.6) is 0 Å². The highest BCUT2D eigenvalue weighted by molar-refractivity contribution is 5.79. The summed E-state index contributed by atoms with van der Waals surface area (Å²) >= 11 is 0. The number of hydrogen-bond acceptors (Lipinski definition) is 5. The molecule has 11 aromatic carbocycles. The smallest absolute Gasteiger partial charge is 0.160 e. The lowest BCUT2D eigenvalue weighted by Gasteiger charge is -2.21. The van der Waals surface area contributed by atoms with E-state index < -0.39 is 0 Å². The summed E-state index contributed by atoms with van der Waals surface area (Å²) in [5.74, 6) is 0.748. The van der Waals surface area contributed by atoms with E-state index >= 15 is 0 Å². The van der Waals surface area contributed by atoms with Gasteiger partial charge in [0.1, 0.15) is 0 Å². The van der Waals surface area contributed by atoms with Crippen LogP contribution in [-0.4, -0.2) is 24.9 Å². The van der Waals surface area contributed by atoms with Crippen molar-refractivity contribution in [3.63, 3.8) is 0 Å².